The normalized spacial score (nSPS) is 27.4. The molecule has 0 bridgehead atoms. The van der Waals surface area contributed by atoms with Crippen molar-refractivity contribution in [1.29, 1.82) is 0 Å². The van der Waals surface area contributed by atoms with E-state index >= 15 is 0 Å². The van der Waals surface area contributed by atoms with Gasteiger partial charge in [-0.25, -0.2) is 0 Å². The van der Waals surface area contributed by atoms with Gasteiger partial charge in [0.1, 0.15) is 31.5 Å². The zero-order valence-corrected chi connectivity index (χ0v) is 32.6. The van der Waals surface area contributed by atoms with Crippen LogP contribution in [0.3, 0.4) is 0 Å². The average Bonchev–Trinajstić information content (AvgIpc) is 3.19. The van der Waals surface area contributed by atoms with E-state index in [1.807, 2.05) is 0 Å². The molecule has 0 saturated carbocycles. The lowest BCUT2D eigenvalue weighted by Crippen LogP contribution is -2.67. The zero-order chi connectivity index (χ0) is 41.2. The van der Waals surface area contributed by atoms with E-state index in [-0.39, 0.29) is 51.4 Å². The molecule has 55 heavy (non-hydrogen) atoms. The van der Waals surface area contributed by atoms with Crippen LogP contribution in [0.4, 0.5) is 0 Å². The summed E-state index contributed by atoms with van der Waals surface area (Å²) in [6.45, 7) is 10.8. The molecule has 0 N–H and O–H groups in total. The fraction of sp³-hybridized carbons (Fsp3) is 0.778. The Kier molecular flexibility index (Phi) is 20.0. The number of hydrogen-bond acceptors (Lipinski definition) is 19. The summed E-state index contributed by atoms with van der Waals surface area (Å²) in [7, 11) is 0. The van der Waals surface area contributed by atoms with E-state index in [9.17, 15) is 38.4 Å². The Morgan fingerprint density at radius 3 is 1.04 bits per heavy atom. The van der Waals surface area contributed by atoms with Crippen LogP contribution in [0.15, 0.2) is 0 Å². The quantitative estimate of drug-likeness (QED) is 0.127. The summed E-state index contributed by atoms with van der Waals surface area (Å²) in [5.74, 6) is -6.18. The van der Waals surface area contributed by atoms with E-state index in [1.165, 1.54) is 55.4 Å². The van der Waals surface area contributed by atoms with Crippen LogP contribution in [-0.4, -0.2) is 122 Å². The van der Waals surface area contributed by atoms with Gasteiger partial charge in [0.15, 0.2) is 30.7 Å². The Morgan fingerprint density at radius 2 is 0.636 bits per heavy atom. The van der Waals surface area contributed by atoms with Crippen molar-refractivity contribution in [2.45, 2.75) is 168 Å². The Labute approximate surface area is 319 Å². The summed E-state index contributed by atoms with van der Waals surface area (Å²) in [6, 6.07) is 0. The van der Waals surface area contributed by atoms with E-state index in [0.29, 0.717) is 0 Å². The van der Waals surface area contributed by atoms with Gasteiger partial charge in [-0.1, -0.05) is 55.4 Å². The summed E-state index contributed by atoms with van der Waals surface area (Å²) in [6.07, 6.45) is -17.3. The largest absolute Gasteiger partial charge is 0.463 e. The monoisotopic (exact) mass is 790 g/mol. The fourth-order valence-corrected chi connectivity index (χ4v) is 5.15. The van der Waals surface area contributed by atoms with Crippen molar-refractivity contribution < 1.29 is 90.5 Å². The molecule has 2 aliphatic heterocycles. The summed E-state index contributed by atoms with van der Waals surface area (Å²) in [5.41, 5.74) is 0. The van der Waals surface area contributed by atoms with E-state index in [2.05, 4.69) is 0 Å². The van der Waals surface area contributed by atoms with Gasteiger partial charge >= 0.3 is 47.8 Å². The highest BCUT2D eigenvalue weighted by atomic mass is 16.8. The van der Waals surface area contributed by atoms with Gasteiger partial charge in [0, 0.05) is 51.4 Å². The van der Waals surface area contributed by atoms with Crippen LogP contribution in [-0.2, 0) is 90.5 Å². The third-order valence-corrected chi connectivity index (χ3v) is 8.19. The molecule has 19 heteroatoms. The van der Waals surface area contributed by atoms with Crippen molar-refractivity contribution in [3.63, 3.8) is 0 Å². The first-order valence-corrected chi connectivity index (χ1v) is 18.6. The molecule has 2 aliphatic rings. The molecule has 0 aromatic rings. The molecule has 2 heterocycles. The van der Waals surface area contributed by atoms with Gasteiger partial charge in [0.25, 0.3) is 0 Å². The number of ether oxygens (including phenoxy) is 11. The minimum Gasteiger partial charge on any atom is -0.463 e. The number of carbonyl (C=O) groups excluding carboxylic acids is 8. The van der Waals surface area contributed by atoms with Crippen molar-refractivity contribution in [1.82, 2.24) is 0 Å². The number of carbonyl (C=O) groups is 8. The standard InChI is InChI=1S/C36H54O19/c1-9-21(37)45-17-19-29(49-23(39)11-3)31(50-24(40)12-4)34(53-27(43)15-7)36(48-19)55-30-20(18-46-22(38)10-2)47-35(54-28(44)16-8)33(52-26(42)14-6)32(30)51-25(41)13-5/h19-20,29-36H,9-18H2,1-8H3/t19?,20?,29-,30+,31-,32-,33?,34?,35-,36-/m0/s1. The molecule has 0 aliphatic carbocycles. The SMILES string of the molecule is CCC(=O)OCC1O[C@@H](OC(=O)CC)C(OC(=O)CC)[C@@H](OC(=O)CC)[C@@H]1O[C@@H]1OC(COC(=O)CC)[C@H](OC(=O)CC)[C@H](OC(=O)CC)C1OC(=O)CC. The first kappa shape index (κ1) is 46.8. The van der Waals surface area contributed by atoms with E-state index in [0.717, 1.165) is 0 Å². The Bertz CT molecular complexity index is 1330. The smallest absolute Gasteiger partial charge is 0.307 e. The zero-order valence-electron chi connectivity index (χ0n) is 32.6. The second-order valence-electron chi connectivity index (χ2n) is 12.1. The van der Waals surface area contributed by atoms with E-state index < -0.39 is 122 Å². The van der Waals surface area contributed by atoms with Crippen LogP contribution >= 0.6 is 0 Å². The minimum absolute atomic E-state index is 0.0409. The van der Waals surface area contributed by atoms with Gasteiger partial charge in [-0.05, 0) is 0 Å². The van der Waals surface area contributed by atoms with Gasteiger partial charge in [-0.2, -0.15) is 0 Å². The van der Waals surface area contributed by atoms with Crippen LogP contribution in [0, 0.1) is 0 Å². The molecule has 2 saturated heterocycles. The van der Waals surface area contributed by atoms with E-state index in [4.69, 9.17) is 52.1 Å². The van der Waals surface area contributed by atoms with Gasteiger partial charge in [0.2, 0.25) is 12.4 Å². The minimum atomic E-state index is -1.83. The highest BCUT2D eigenvalue weighted by molar-refractivity contribution is 5.73. The molecule has 2 fully saturated rings. The average molecular weight is 791 g/mol. The van der Waals surface area contributed by atoms with Crippen LogP contribution in [0.2, 0.25) is 0 Å². The summed E-state index contributed by atoms with van der Waals surface area (Å²) in [4.78, 5) is 101. The lowest BCUT2D eigenvalue weighted by molar-refractivity contribution is -0.358. The molecule has 312 valence electrons. The highest BCUT2D eigenvalue weighted by Gasteiger charge is 2.58. The molecule has 4 unspecified atom stereocenters. The van der Waals surface area contributed by atoms with Gasteiger partial charge in [-0.3, -0.25) is 38.4 Å². The topological polar surface area (TPSA) is 238 Å². The lowest BCUT2D eigenvalue weighted by atomic mass is 9.95. The summed E-state index contributed by atoms with van der Waals surface area (Å²) < 4.78 is 63.4. The molecule has 10 atom stereocenters. The van der Waals surface area contributed by atoms with Gasteiger partial charge < -0.3 is 52.1 Å². The summed E-state index contributed by atoms with van der Waals surface area (Å²) in [5, 5.41) is 0. The maximum atomic E-state index is 13.0. The first-order chi connectivity index (χ1) is 26.2. The molecule has 0 radical (unpaired) electrons. The van der Waals surface area contributed by atoms with Crippen molar-refractivity contribution in [2.75, 3.05) is 13.2 Å². The van der Waals surface area contributed by atoms with Crippen LogP contribution < -0.4 is 0 Å². The number of hydrogen-bond donors (Lipinski definition) is 0. The summed E-state index contributed by atoms with van der Waals surface area (Å²) >= 11 is 0. The molecule has 0 aromatic heterocycles. The van der Waals surface area contributed by atoms with Gasteiger partial charge in [0.05, 0.1) is 0 Å². The Morgan fingerprint density at radius 1 is 0.345 bits per heavy atom. The third kappa shape index (κ3) is 14.0. The van der Waals surface area contributed by atoms with Crippen LogP contribution in [0.25, 0.3) is 0 Å². The number of esters is 8. The fourth-order valence-electron chi connectivity index (χ4n) is 5.15. The Balaban J connectivity index is 2.87. The third-order valence-electron chi connectivity index (χ3n) is 8.19. The molecule has 2 rings (SSSR count). The van der Waals surface area contributed by atoms with Crippen molar-refractivity contribution in [2.24, 2.45) is 0 Å². The lowest BCUT2D eigenvalue weighted by Gasteiger charge is -2.48. The number of rotatable bonds is 20. The molecule has 0 amide bonds. The predicted molar refractivity (Wildman–Crippen MR) is 182 cm³/mol. The van der Waals surface area contributed by atoms with Crippen molar-refractivity contribution >= 4 is 47.8 Å². The highest BCUT2D eigenvalue weighted by Crippen LogP contribution is 2.36. The second kappa shape index (κ2) is 23.5. The van der Waals surface area contributed by atoms with Crippen LogP contribution in [0.1, 0.15) is 107 Å². The Hall–Kier alpha value is -4.36. The second-order valence-corrected chi connectivity index (χ2v) is 12.1. The van der Waals surface area contributed by atoms with Crippen molar-refractivity contribution in [3.05, 3.63) is 0 Å². The maximum Gasteiger partial charge on any atom is 0.307 e. The van der Waals surface area contributed by atoms with Crippen molar-refractivity contribution in [3.8, 4) is 0 Å². The van der Waals surface area contributed by atoms with E-state index in [1.54, 1.807) is 0 Å². The first-order valence-electron chi connectivity index (χ1n) is 18.6. The molecule has 0 spiro atoms. The van der Waals surface area contributed by atoms with Crippen LogP contribution in [0.5, 0.6) is 0 Å². The maximum absolute atomic E-state index is 13.0. The van der Waals surface area contributed by atoms with Gasteiger partial charge in [-0.15, -0.1) is 0 Å². The molecular weight excluding hydrogens is 736 g/mol. The molecule has 0 aromatic carbocycles. The molecular formula is C36H54O19. The molecule has 19 nitrogen and oxygen atoms in total. The predicted octanol–water partition coefficient (Wildman–Crippen LogP) is 2.29.